The summed E-state index contributed by atoms with van der Waals surface area (Å²) in [6, 6.07) is 23.0. The highest BCUT2D eigenvalue weighted by Gasteiger charge is 2.19. The highest BCUT2D eigenvalue weighted by Crippen LogP contribution is 2.36. The van der Waals surface area contributed by atoms with Crippen molar-refractivity contribution in [2.45, 2.75) is 30.6 Å². The van der Waals surface area contributed by atoms with Gasteiger partial charge >= 0.3 is 0 Å². The second kappa shape index (κ2) is 11.3. The molecule has 1 unspecified atom stereocenters. The van der Waals surface area contributed by atoms with Crippen molar-refractivity contribution in [1.29, 1.82) is 0 Å². The van der Waals surface area contributed by atoms with E-state index in [9.17, 15) is 4.79 Å². The van der Waals surface area contributed by atoms with Gasteiger partial charge < -0.3 is 14.4 Å². The largest absolute Gasteiger partial charge is 0.493 e. The number of hydrogen-bond donors (Lipinski definition) is 0. The number of hydrogen-bond acceptors (Lipinski definition) is 4. The van der Waals surface area contributed by atoms with E-state index < -0.39 is 0 Å². The smallest absolute Gasteiger partial charge is 0.163 e. The minimum absolute atomic E-state index is 0.0137. The van der Waals surface area contributed by atoms with E-state index in [-0.39, 0.29) is 16.3 Å². The fraction of sp³-hybridized carbons (Fsp3) is 0.290. The first-order valence-corrected chi connectivity index (χ1v) is 13.9. The van der Waals surface area contributed by atoms with E-state index in [4.69, 9.17) is 9.47 Å². The summed E-state index contributed by atoms with van der Waals surface area (Å²) >= 11 is 0. The third-order valence-electron chi connectivity index (χ3n) is 7.02. The zero-order valence-corrected chi connectivity index (χ0v) is 21.9. The van der Waals surface area contributed by atoms with Gasteiger partial charge in [-0.2, -0.15) is 0 Å². The molecule has 0 radical (unpaired) electrons. The molecule has 0 aromatic heterocycles. The molecule has 3 aromatic carbocycles. The van der Waals surface area contributed by atoms with Crippen LogP contribution in [-0.2, 0) is 0 Å². The maximum Gasteiger partial charge on any atom is 0.163 e. The molecular weight excluding hydrogens is 466 g/mol. The molecule has 5 heteroatoms. The summed E-state index contributed by atoms with van der Waals surface area (Å²) in [5, 5.41) is 5.13. The van der Waals surface area contributed by atoms with Crippen molar-refractivity contribution in [3.05, 3.63) is 88.3 Å². The summed E-state index contributed by atoms with van der Waals surface area (Å²) in [5.41, 5.74) is 2.02. The Morgan fingerprint density at radius 1 is 0.889 bits per heavy atom. The second-order valence-corrected chi connectivity index (χ2v) is 11.2. The number of ketones is 1. The molecule has 2 aliphatic heterocycles. The van der Waals surface area contributed by atoms with Crippen molar-refractivity contribution in [1.82, 2.24) is 4.90 Å². The Morgan fingerprint density at radius 3 is 2.39 bits per heavy atom. The van der Waals surface area contributed by atoms with E-state index in [0.29, 0.717) is 23.5 Å². The number of methoxy groups -OCH3 is 2. The molecule has 1 fully saturated rings. The van der Waals surface area contributed by atoms with Crippen molar-refractivity contribution in [2.75, 3.05) is 33.9 Å². The van der Waals surface area contributed by atoms with Gasteiger partial charge in [-0.05, 0) is 82.4 Å². The first-order valence-electron chi connectivity index (χ1n) is 12.6. The average Bonchev–Trinajstić information content (AvgIpc) is 3.10. The number of likely N-dealkylation sites (tertiary alicyclic amines) is 1. The lowest BCUT2D eigenvalue weighted by Gasteiger charge is -2.29. The number of Topliss-reactive ketones (excluding diaryl/α,β-unsaturated/α-hetero) is 1. The molecule has 0 spiro atoms. The number of carbonyl (C=O) groups excluding carboxylic acids is 1. The number of rotatable bonds is 7. The van der Waals surface area contributed by atoms with E-state index >= 15 is 0 Å². The van der Waals surface area contributed by atoms with Crippen LogP contribution in [0, 0.1) is 0 Å². The summed E-state index contributed by atoms with van der Waals surface area (Å²) in [5.74, 6) is 1.40. The zero-order valence-electron chi connectivity index (χ0n) is 21.0. The maximum atomic E-state index is 12.7. The summed E-state index contributed by atoms with van der Waals surface area (Å²) in [6.45, 7) is 3.08. The zero-order chi connectivity index (χ0) is 24.9. The molecule has 36 heavy (non-hydrogen) atoms. The minimum atomic E-state index is 0.0137. The lowest BCUT2D eigenvalue weighted by Crippen LogP contribution is -2.34. The molecule has 0 aliphatic carbocycles. The predicted molar refractivity (Wildman–Crippen MR) is 150 cm³/mol. The topological polar surface area (TPSA) is 38.8 Å². The third-order valence-corrected chi connectivity index (χ3v) is 9.38. The highest BCUT2D eigenvalue weighted by atomic mass is 32.2. The molecule has 0 bridgehead atoms. The van der Waals surface area contributed by atoms with Crippen molar-refractivity contribution in [2.24, 2.45) is 0 Å². The maximum absolute atomic E-state index is 12.7. The van der Waals surface area contributed by atoms with Crippen LogP contribution in [0.2, 0.25) is 0 Å². The van der Waals surface area contributed by atoms with Crippen LogP contribution in [0.25, 0.3) is 11.5 Å². The van der Waals surface area contributed by atoms with Crippen LogP contribution in [0.5, 0.6) is 11.5 Å². The second-order valence-electron chi connectivity index (χ2n) is 9.24. The fourth-order valence-corrected chi connectivity index (χ4v) is 7.31. The first kappa shape index (κ1) is 24.5. The van der Waals surface area contributed by atoms with Crippen LogP contribution in [-0.4, -0.2) is 49.4 Å². The summed E-state index contributed by atoms with van der Waals surface area (Å²) in [7, 11) is 3.21. The molecule has 1 saturated heterocycles. The van der Waals surface area contributed by atoms with Crippen LogP contribution in [0.3, 0.4) is 0 Å². The number of carbonyl (C=O) groups is 1. The van der Waals surface area contributed by atoms with Gasteiger partial charge in [-0.25, -0.2) is 0 Å². The Balaban J connectivity index is 1.23. The van der Waals surface area contributed by atoms with E-state index in [1.807, 2.05) is 6.07 Å². The van der Waals surface area contributed by atoms with Crippen molar-refractivity contribution < 1.29 is 14.3 Å². The van der Waals surface area contributed by atoms with Crippen molar-refractivity contribution >= 4 is 32.6 Å². The molecule has 0 saturated carbocycles. The van der Waals surface area contributed by atoms with E-state index in [2.05, 4.69) is 64.9 Å². The quantitative estimate of drug-likeness (QED) is 0.344. The van der Waals surface area contributed by atoms with E-state index in [1.165, 1.54) is 20.9 Å². The van der Waals surface area contributed by atoms with Crippen LogP contribution in [0.15, 0.2) is 71.6 Å². The first-order chi connectivity index (χ1) is 17.7. The lowest BCUT2D eigenvalue weighted by molar-refractivity contribution is 0.0974. The molecule has 186 valence electrons. The number of piperidine rings is 1. The highest BCUT2D eigenvalue weighted by molar-refractivity contribution is 8.22. The third kappa shape index (κ3) is 5.32. The average molecular weight is 500 g/mol. The fourth-order valence-electron chi connectivity index (χ4n) is 5.01. The molecule has 1 atom stereocenters. The van der Waals surface area contributed by atoms with Crippen molar-refractivity contribution in [3.8, 4) is 11.5 Å². The van der Waals surface area contributed by atoms with E-state index in [0.717, 1.165) is 38.9 Å². The SMILES string of the molecule is COc1ccc(C(=O)CCCN2CCC(=S3C=c4ccccc4=Cc4ccccc43)CC2)cc1OC. The summed E-state index contributed by atoms with van der Waals surface area (Å²) in [4.78, 5) is 18.3. The Morgan fingerprint density at radius 2 is 1.61 bits per heavy atom. The Hall–Kier alpha value is -3.15. The molecule has 2 aliphatic rings. The molecule has 5 rings (SSSR count). The van der Waals surface area contributed by atoms with Gasteiger partial charge in [0.05, 0.1) is 14.2 Å². The van der Waals surface area contributed by atoms with Crippen LogP contribution in [0.4, 0.5) is 0 Å². The number of benzene rings is 3. The van der Waals surface area contributed by atoms with Crippen LogP contribution >= 0.6 is 10.5 Å². The predicted octanol–water partition coefficient (Wildman–Crippen LogP) is 4.84. The van der Waals surface area contributed by atoms with Gasteiger partial charge in [-0.1, -0.05) is 42.5 Å². The van der Waals surface area contributed by atoms with Gasteiger partial charge in [-0.3, -0.25) is 4.79 Å². The van der Waals surface area contributed by atoms with Crippen LogP contribution in [0.1, 0.15) is 41.6 Å². The molecule has 0 amide bonds. The standard InChI is InChI=1S/C31H33NO3S/c1-34-29-14-13-24(21-30(29)35-2)28(33)11-7-17-32-18-15-27(16-19-32)36-22-26-10-4-3-8-23(26)20-25-9-5-6-12-31(25)36/h3-6,8-10,12-14,20-22H,7,11,15-19H2,1-2H3. The molecular formula is C31H33NO3S. The Labute approximate surface area is 215 Å². The van der Waals surface area contributed by atoms with E-state index in [1.54, 1.807) is 31.2 Å². The van der Waals surface area contributed by atoms with Crippen LogP contribution < -0.4 is 19.9 Å². The summed E-state index contributed by atoms with van der Waals surface area (Å²) < 4.78 is 10.6. The minimum Gasteiger partial charge on any atom is -0.493 e. The normalized spacial score (nSPS) is 17.2. The van der Waals surface area contributed by atoms with Gasteiger partial charge in [0.2, 0.25) is 0 Å². The van der Waals surface area contributed by atoms with Crippen molar-refractivity contribution in [3.63, 3.8) is 0 Å². The lowest BCUT2D eigenvalue weighted by atomic mass is 10.0. The molecule has 0 N–H and O–H groups in total. The molecule has 3 aromatic rings. The Kier molecular flexibility index (Phi) is 7.69. The van der Waals surface area contributed by atoms with Gasteiger partial charge in [0, 0.05) is 30.0 Å². The van der Waals surface area contributed by atoms with Gasteiger partial charge in [-0.15, -0.1) is 10.5 Å². The van der Waals surface area contributed by atoms with Gasteiger partial charge in [0.15, 0.2) is 17.3 Å². The van der Waals surface area contributed by atoms with Gasteiger partial charge in [0.25, 0.3) is 0 Å². The number of ether oxygens (including phenoxy) is 2. The Bertz CT molecular complexity index is 1420. The monoisotopic (exact) mass is 499 g/mol. The molecule has 4 nitrogen and oxygen atoms in total. The molecule has 2 heterocycles. The number of fused-ring (bicyclic) bond motifs is 2. The van der Waals surface area contributed by atoms with Gasteiger partial charge in [0.1, 0.15) is 0 Å². The summed E-state index contributed by atoms with van der Waals surface area (Å²) in [6.07, 6.45) is 5.96. The number of nitrogens with zero attached hydrogens (tertiary/aromatic N) is 1.